The average molecular weight is 680 g/mol. The van der Waals surface area contributed by atoms with Crippen LogP contribution in [-0.4, -0.2) is 159 Å². The number of aliphatic hydroxyl groups is 6. The second kappa shape index (κ2) is 13.7. The van der Waals surface area contributed by atoms with Gasteiger partial charge >= 0.3 is 181 Å². The van der Waals surface area contributed by atoms with Crippen molar-refractivity contribution in [3.05, 3.63) is 0 Å². The molecule has 2 rings (SSSR count). The first-order chi connectivity index (χ1) is 13.6. The van der Waals surface area contributed by atoms with Crippen LogP contribution in [0, 0.1) is 0 Å². The van der Waals surface area contributed by atoms with Gasteiger partial charge in [-0.05, 0) is 0 Å². The van der Waals surface area contributed by atoms with Gasteiger partial charge in [-0.15, -0.1) is 0 Å². The maximum absolute atomic E-state index is 11.2. The Morgan fingerprint density at radius 2 is 1.13 bits per heavy atom. The molecule has 0 amide bonds. The molecule has 2 aliphatic rings. The number of hydrogen-bond donors (Lipinski definition) is 6. The molecule has 182 valence electrons. The summed E-state index contributed by atoms with van der Waals surface area (Å²) in [6, 6.07) is 0. The molecular formula is C12H20O17Sb2-2. The maximum Gasteiger partial charge on any atom is -0.870 e. The molecule has 17 nitrogen and oxygen atoms in total. The van der Waals surface area contributed by atoms with E-state index in [-0.39, 0.29) is 11.0 Å². The van der Waals surface area contributed by atoms with E-state index in [1.165, 1.54) is 0 Å². The summed E-state index contributed by atoms with van der Waals surface area (Å²) >= 11 is -8.20. The SMILES string of the molecule is O=C([O-])[C@@H]1[O][Sb+]([O][Sb+]2[O][C@H]([C@H](O)CO)[C@H](O)[C@H](C(=O)[O-])[O]2)[O][C@H]([C@H](O)CO)[C@@H]1O.[OH-].[OH-]. The van der Waals surface area contributed by atoms with Crippen molar-refractivity contribution in [3.63, 3.8) is 0 Å². The van der Waals surface area contributed by atoms with Crippen LogP contribution >= 0.6 is 0 Å². The molecule has 8 N–H and O–H groups in total. The first-order valence-electron chi connectivity index (χ1n) is 7.91. The molecule has 0 aliphatic carbocycles. The minimum Gasteiger partial charge on any atom is -0.870 e. The summed E-state index contributed by atoms with van der Waals surface area (Å²) in [5.74, 6) is -3.72. The Morgan fingerprint density at radius 3 is 1.39 bits per heavy atom. The fourth-order valence-corrected chi connectivity index (χ4v) is 13.3. The smallest absolute Gasteiger partial charge is 0.870 e. The van der Waals surface area contributed by atoms with E-state index in [9.17, 15) is 40.2 Å². The van der Waals surface area contributed by atoms with Crippen LogP contribution in [-0.2, 0) is 22.9 Å². The van der Waals surface area contributed by atoms with Crippen molar-refractivity contribution in [1.29, 1.82) is 0 Å². The van der Waals surface area contributed by atoms with E-state index in [0.29, 0.717) is 0 Å². The molecule has 0 aromatic heterocycles. The number of carboxylic acids is 2. The Morgan fingerprint density at radius 1 is 0.806 bits per heavy atom. The van der Waals surface area contributed by atoms with Crippen molar-refractivity contribution < 1.29 is 74.7 Å². The van der Waals surface area contributed by atoms with Gasteiger partial charge in [-0.2, -0.15) is 0 Å². The molecule has 2 heterocycles. The van der Waals surface area contributed by atoms with Gasteiger partial charge in [0.25, 0.3) is 0 Å². The van der Waals surface area contributed by atoms with Gasteiger partial charge in [-0.1, -0.05) is 0 Å². The zero-order valence-electron chi connectivity index (χ0n) is 15.2. The number of carboxylic acid groups (broad SMARTS) is 2. The molecule has 0 spiro atoms. The zero-order valence-corrected chi connectivity index (χ0v) is 20.3. The standard InChI is InChI=1S/2C6H10O7.2H2O.O.2Sb/c2*7-1-2(8)3(9)4(10)5(11)6(12)13;;;;;/h2*2-5,7-8,10H,1H2,(H,12,13);2*1H2;;;/q2*-2;;;;2*+3/p-4/t2*2-,3-,4+,5-;;;;;/m11...../s1. The third-order valence-corrected chi connectivity index (χ3v) is 14.4. The number of carbonyl (C=O) groups excluding carboxylic acids is 2. The number of carbonyl (C=O) groups is 2. The molecule has 0 bridgehead atoms. The van der Waals surface area contributed by atoms with E-state index in [1.807, 2.05) is 0 Å². The molecule has 2 radical (unpaired) electrons. The van der Waals surface area contributed by atoms with Crippen LogP contribution in [0.25, 0.3) is 0 Å². The van der Waals surface area contributed by atoms with Crippen LogP contribution in [0.5, 0.6) is 0 Å². The van der Waals surface area contributed by atoms with Crippen molar-refractivity contribution in [3.8, 4) is 0 Å². The van der Waals surface area contributed by atoms with Crippen molar-refractivity contribution in [2.45, 2.75) is 48.8 Å². The number of aliphatic carboxylic acids is 2. The van der Waals surface area contributed by atoms with E-state index >= 15 is 0 Å². The first kappa shape index (κ1) is 31.1. The van der Waals surface area contributed by atoms with Gasteiger partial charge < -0.3 is 11.0 Å². The van der Waals surface area contributed by atoms with Gasteiger partial charge in [0.15, 0.2) is 0 Å². The van der Waals surface area contributed by atoms with Crippen molar-refractivity contribution in [2.75, 3.05) is 13.2 Å². The Kier molecular flexibility index (Phi) is 13.7. The number of aliphatic hydroxyl groups excluding tert-OH is 6. The van der Waals surface area contributed by atoms with Gasteiger partial charge in [-0.25, -0.2) is 0 Å². The molecule has 0 saturated carbocycles. The van der Waals surface area contributed by atoms with E-state index in [4.69, 9.17) is 23.6 Å². The monoisotopic (exact) mass is 678 g/mol. The number of rotatable bonds is 8. The van der Waals surface area contributed by atoms with Gasteiger partial charge in [0, 0.05) is 0 Å². The molecule has 2 fully saturated rings. The molecule has 2 saturated heterocycles. The van der Waals surface area contributed by atoms with Gasteiger partial charge in [0.05, 0.1) is 0 Å². The summed E-state index contributed by atoms with van der Waals surface area (Å²) < 4.78 is 25.8. The third kappa shape index (κ3) is 7.53. The Balaban J connectivity index is 0.00000450. The minimum absolute atomic E-state index is 0. The molecule has 0 aromatic carbocycles. The Labute approximate surface area is 191 Å². The van der Waals surface area contributed by atoms with Crippen LogP contribution in [0.2, 0.25) is 0 Å². The summed E-state index contributed by atoms with van der Waals surface area (Å²) in [4.78, 5) is 22.3. The fourth-order valence-electron chi connectivity index (χ4n) is 2.33. The zero-order chi connectivity index (χ0) is 21.9. The van der Waals surface area contributed by atoms with Gasteiger partial charge in [0.1, 0.15) is 0 Å². The Hall–Kier alpha value is 0.0564. The van der Waals surface area contributed by atoms with Crippen LogP contribution in [0.1, 0.15) is 0 Å². The fraction of sp³-hybridized carbons (Fsp3) is 0.833. The molecule has 0 aromatic rings. The molecule has 19 heteroatoms. The second-order valence-electron chi connectivity index (χ2n) is 5.84. The average Bonchev–Trinajstić information content (AvgIpc) is 2.68. The summed E-state index contributed by atoms with van der Waals surface area (Å²) in [5.41, 5.74) is 0. The summed E-state index contributed by atoms with van der Waals surface area (Å²) in [6.45, 7) is -1.78. The minimum atomic E-state index is -4.10. The van der Waals surface area contributed by atoms with Crippen LogP contribution < -0.4 is 10.2 Å². The van der Waals surface area contributed by atoms with E-state index in [2.05, 4.69) is 0 Å². The van der Waals surface area contributed by atoms with E-state index in [0.717, 1.165) is 0 Å². The Bertz CT molecular complexity index is 533. The van der Waals surface area contributed by atoms with Gasteiger partial charge in [0.2, 0.25) is 0 Å². The van der Waals surface area contributed by atoms with Crippen molar-refractivity contribution in [1.82, 2.24) is 0 Å². The first-order valence-corrected chi connectivity index (χ1v) is 14.2. The molecule has 2 aliphatic heterocycles. The topological polar surface area (TPSA) is 308 Å². The molecule has 0 unspecified atom stereocenters. The van der Waals surface area contributed by atoms with Crippen LogP contribution in [0.15, 0.2) is 0 Å². The third-order valence-electron chi connectivity index (χ3n) is 3.84. The van der Waals surface area contributed by atoms with Crippen molar-refractivity contribution in [2.24, 2.45) is 0 Å². The second-order valence-corrected chi connectivity index (χ2v) is 14.4. The number of hydrogen-bond acceptors (Lipinski definition) is 17. The quantitative estimate of drug-likeness (QED) is 0.130. The largest absolute Gasteiger partial charge is 0.870 e. The summed E-state index contributed by atoms with van der Waals surface area (Å²) in [7, 11) is 0. The van der Waals surface area contributed by atoms with Crippen LogP contribution in [0.3, 0.4) is 0 Å². The van der Waals surface area contributed by atoms with Gasteiger partial charge in [-0.3, -0.25) is 0 Å². The normalized spacial score (nSPS) is 34.1. The molecule has 31 heavy (non-hydrogen) atoms. The maximum atomic E-state index is 11.2. The summed E-state index contributed by atoms with van der Waals surface area (Å²) in [5, 5.41) is 79.7. The molecule has 8 atom stereocenters. The predicted molar refractivity (Wildman–Crippen MR) is 84.2 cm³/mol. The van der Waals surface area contributed by atoms with Crippen LogP contribution in [0.4, 0.5) is 0 Å². The predicted octanol–water partition coefficient (Wildman–Crippen LogP) is -8.88. The van der Waals surface area contributed by atoms with E-state index < -0.39 is 117 Å². The van der Waals surface area contributed by atoms with E-state index in [1.54, 1.807) is 0 Å². The van der Waals surface area contributed by atoms with Crippen molar-refractivity contribution >= 4 is 54.9 Å². The molecular weight excluding hydrogens is 660 g/mol. The summed E-state index contributed by atoms with van der Waals surface area (Å²) in [6.07, 6.45) is -14.4.